The van der Waals surface area contributed by atoms with Gasteiger partial charge in [0, 0.05) is 0 Å². The van der Waals surface area contributed by atoms with Crippen LogP contribution in [0.15, 0.2) is 0 Å². The smallest absolute Gasteiger partial charge is 0.462 e. The normalized spacial score (nSPS) is 21.0. The zero-order valence-electron chi connectivity index (χ0n) is 14.8. The minimum Gasteiger partial charge on any atom is -0.462 e. The summed E-state index contributed by atoms with van der Waals surface area (Å²) in [5.74, 6) is -1.85. The Labute approximate surface area is 171 Å². The second kappa shape index (κ2) is 10.9. The van der Waals surface area contributed by atoms with E-state index in [2.05, 4.69) is 0 Å². The fourth-order valence-electron chi connectivity index (χ4n) is 3.30. The van der Waals surface area contributed by atoms with Gasteiger partial charge >= 0.3 is 41.5 Å². The van der Waals surface area contributed by atoms with Gasteiger partial charge in [0.25, 0.3) is 10.1 Å². The molecule has 1 atom stereocenters. The number of carbonyl (C=O) groups is 2. The van der Waals surface area contributed by atoms with Gasteiger partial charge in [-0.25, -0.2) is 0 Å². The van der Waals surface area contributed by atoms with Crippen molar-refractivity contribution < 1.29 is 61.6 Å². The molecule has 0 aliphatic heterocycles. The van der Waals surface area contributed by atoms with Crippen molar-refractivity contribution in [2.75, 3.05) is 0 Å². The third-order valence-electron chi connectivity index (χ3n) is 4.66. The number of esters is 2. The van der Waals surface area contributed by atoms with Gasteiger partial charge in [-0.1, -0.05) is 12.8 Å². The van der Waals surface area contributed by atoms with Crippen molar-refractivity contribution in [2.24, 2.45) is 0 Å². The second-order valence-corrected chi connectivity index (χ2v) is 8.25. The molecule has 0 radical (unpaired) electrons. The Kier molecular flexibility index (Phi) is 9.95. The fraction of sp³-hybridized carbons (Fsp3) is 0.875. The van der Waals surface area contributed by atoms with Gasteiger partial charge in [0.2, 0.25) is 0 Å². The van der Waals surface area contributed by atoms with Crippen molar-refractivity contribution in [2.45, 2.75) is 88.1 Å². The molecule has 0 bridgehead atoms. The molecule has 0 amide bonds. The third-order valence-corrected chi connectivity index (χ3v) is 5.74. The first-order chi connectivity index (χ1) is 11.4. The second-order valence-electron chi connectivity index (χ2n) is 6.65. The zero-order chi connectivity index (χ0) is 17.6. The van der Waals surface area contributed by atoms with Gasteiger partial charge in [-0.3, -0.25) is 14.1 Å². The van der Waals surface area contributed by atoms with Crippen LogP contribution in [0.2, 0.25) is 0 Å². The van der Waals surface area contributed by atoms with Crippen molar-refractivity contribution in [1.29, 1.82) is 0 Å². The monoisotopic (exact) mass is 385 g/mol. The molecule has 0 saturated heterocycles. The quantitative estimate of drug-likeness (QED) is 0.369. The van der Waals surface area contributed by atoms with Crippen LogP contribution < -0.4 is 29.6 Å². The first-order valence-corrected chi connectivity index (χ1v) is 10.2. The topological polar surface area (TPSA) is 107 Å². The van der Waals surface area contributed by atoms with Crippen molar-refractivity contribution >= 4 is 22.1 Å². The number of hydrogen-bond acceptors (Lipinski definition) is 6. The van der Waals surface area contributed by atoms with E-state index in [9.17, 15) is 22.6 Å². The van der Waals surface area contributed by atoms with E-state index in [4.69, 9.17) is 9.47 Å². The minimum absolute atomic E-state index is 0. The van der Waals surface area contributed by atoms with E-state index in [0.717, 1.165) is 51.4 Å². The fourth-order valence-corrected chi connectivity index (χ4v) is 3.95. The molecule has 1 unspecified atom stereocenters. The molecule has 0 aromatic rings. The van der Waals surface area contributed by atoms with E-state index in [-0.39, 0.29) is 41.8 Å². The summed E-state index contributed by atoms with van der Waals surface area (Å²) in [5.41, 5.74) is 0. The largest absolute Gasteiger partial charge is 1.00 e. The number of rotatable bonds is 6. The Morgan fingerprint density at radius 2 is 1.32 bits per heavy atom. The first-order valence-electron chi connectivity index (χ1n) is 8.72. The summed E-state index contributed by atoms with van der Waals surface area (Å²) >= 11 is 0. The summed E-state index contributed by atoms with van der Waals surface area (Å²) in [6.45, 7) is 0. The molecule has 138 valence electrons. The third kappa shape index (κ3) is 7.95. The predicted octanol–water partition coefficient (Wildman–Crippen LogP) is -0.611. The van der Waals surface area contributed by atoms with E-state index < -0.39 is 33.7 Å². The van der Waals surface area contributed by atoms with Crippen molar-refractivity contribution in [3.63, 3.8) is 0 Å². The van der Waals surface area contributed by atoms with Crippen molar-refractivity contribution in [1.82, 2.24) is 0 Å². The molecule has 0 aromatic heterocycles. The minimum atomic E-state index is -4.73. The number of ether oxygens (including phenoxy) is 2. The van der Waals surface area contributed by atoms with Gasteiger partial charge in [-0.15, -0.1) is 0 Å². The summed E-state index contributed by atoms with van der Waals surface area (Å²) < 4.78 is 42.7. The van der Waals surface area contributed by atoms with E-state index in [1.54, 1.807) is 0 Å². The van der Waals surface area contributed by atoms with Gasteiger partial charge in [0.1, 0.15) is 12.2 Å². The van der Waals surface area contributed by atoms with Crippen LogP contribution in [0.5, 0.6) is 0 Å². The first kappa shape index (κ1) is 22.9. The van der Waals surface area contributed by atoms with E-state index in [0.29, 0.717) is 12.8 Å². The molecule has 2 fully saturated rings. The van der Waals surface area contributed by atoms with Crippen LogP contribution >= 0.6 is 0 Å². The van der Waals surface area contributed by atoms with Crippen LogP contribution in [0.3, 0.4) is 0 Å². The van der Waals surface area contributed by atoms with E-state index in [1.165, 1.54) is 0 Å². The van der Waals surface area contributed by atoms with Crippen LogP contribution in [-0.2, 0) is 29.2 Å². The molecule has 0 spiro atoms. The molecule has 7 nitrogen and oxygen atoms in total. The molecular weight excluding hydrogens is 359 g/mol. The average molecular weight is 385 g/mol. The summed E-state index contributed by atoms with van der Waals surface area (Å²) in [7, 11) is -4.73. The maximum Gasteiger partial charge on any atom is 1.00 e. The zero-order valence-corrected chi connectivity index (χ0v) is 17.6. The summed E-state index contributed by atoms with van der Waals surface area (Å²) in [4.78, 5) is 24.1. The van der Waals surface area contributed by atoms with Crippen LogP contribution in [0.4, 0.5) is 0 Å². The van der Waals surface area contributed by atoms with Crippen LogP contribution in [0.25, 0.3) is 0 Å². The Balaban J connectivity index is 0.00000312. The Morgan fingerprint density at radius 3 is 1.76 bits per heavy atom. The van der Waals surface area contributed by atoms with Crippen LogP contribution in [0, 0.1) is 0 Å². The molecule has 2 saturated carbocycles. The molecule has 0 heterocycles. The maximum absolute atomic E-state index is 12.1. The molecular formula is C16H26NaO7S+. The molecule has 2 rings (SSSR count). The molecule has 1 N–H and O–H groups in total. The SMILES string of the molecule is O=C(CC(C(=O)OC1CCCCC1)S(=O)(=O)O)OC1CCCCC1.[Na+]. The number of carbonyl (C=O) groups excluding carboxylic acids is 2. The Bertz CT molecular complexity index is 537. The number of hydrogen-bond donors (Lipinski definition) is 1. The van der Waals surface area contributed by atoms with Crippen LogP contribution in [0.1, 0.15) is 70.6 Å². The van der Waals surface area contributed by atoms with Crippen LogP contribution in [-0.4, -0.2) is 42.4 Å². The average Bonchev–Trinajstić information content (AvgIpc) is 2.53. The van der Waals surface area contributed by atoms with Gasteiger partial charge in [-0.2, -0.15) is 8.42 Å². The molecule has 9 heteroatoms. The maximum atomic E-state index is 12.1. The molecule has 2 aliphatic rings. The van der Waals surface area contributed by atoms with Gasteiger partial charge in [0.15, 0.2) is 5.25 Å². The summed E-state index contributed by atoms with van der Waals surface area (Å²) in [6, 6.07) is 0. The summed E-state index contributed by atoms with van der Waals surface area (Å²) in [6.07, 6.45) is 7.46. The standard InChI is InChI=1S/C16H26O7S.Na/c17-15(22-12-7-3-1-4-8-12)11-14(24(19,20)21)16(18)23-13-9-5-2-6-10-13;/h12-14H,1-11H2,(H,19,20,21);/q;+1. The van der Waals surface area contributed by atoms with Gasteiger partial charge < -0.3 is 9.47 Å². The molecule has 0 aromatic carbocycles. The van der Waals surface area contributed by atoms with Crippen molar-refractivity contribution in [3.8, 4) is 0 Å². The van der Waals surface area contributed by atoms with E-state index >= 15 is 0 Å². The molecule has 2 aliphatic carbocycles. The summed E-state index contributed by atoms with van der Waals surface area (Å²) in [5, 5.41) is -1.91. The predicted molar refractivity (Wildman–Crippen MR) is 85.9 cm³/mol. The van der Waals surface area contributed by atoms with Gasteiger partial charge in [-0.05, 0) is 51.4 Å². The van der Waals surface area contributed by atoms with Crippen molar-refractivity contribution in [3.05, 3.63) is 0 Å². The Morgan fingerprint density at radius 1 is 0.880 bits per heavy atom. The Hall–Kier alpha value is -0.150. The molecule has 25 heavy (non-hydrogen) atoms. The van der Waals surface area contributed by atoms with Gasteiger partial charge in [0.05, 0.1) is 6.42 Å². The van der Waals surface area contributed by atoms with E-state index in [1.807, 2.05) is 0 Å².